The number of nitrogens with two attached hydrogens (primary N) is 1. The maximum Gasteiger partial charge on any atom is 0.0955 e. The van der Waals surface area contributed by atoms with Gasteiger partial charge in [-0.3, -0.25) is 0 Å². The quantitative estimate of drug-likeness (QED) is 0.758. The highest BCUT2D eigenvalue weighted by Crippen LogP contribution is 2.13. The Kier molecular flexibility index (Phi) is 3.76. The molecule has 0 radical (unpaired) electrons. The normalized spacial score (nSPS) is 13.1. The number of hydrogen-bond acceptors (Lipinski definition) is 3. The summed E-state index contributed by atoms with van der Waals surface area (Å²) in [5, 5.41) is 3.34. The lowest BCUT2D eigenvalue weighted by Crippen LogP contribution is -2.32. The van der Waals surface area contributed by atoms with E-state index in [2.05, 4.69) is 28.5 Å². The summed E-state index contributed by atoms with van der Waals surface area (Å²) >= 11 is 0. The number of aromatic nitrogens is 2. The molecule has 1 aromatic heterocycles. The summed E-state index contributed by atoms with van der Waals surface area (Å²) in [6, 6.07) is 6.66. The number of benzene rings is 1. The van der Waals surface area contributed by atoms with Crippen LogP contribution in [0.25, 0.3) is 11.0 Å². The number of imidazole rings is 1. The van der Waals surface area contributed by atoms with Crippen molar-refractivity contribution >= 4 is 11.0 Å². The van der Waals surface area contributed by atoms with Crippen LogP contribution >= 0.6 is 0 Å². The second-order valence-corrected chi connectivity index (χ2v) is 4.61. The first kappa shape index (κ1) is 12.1. The lowest BCUT2D eigenvalue weighted by Gasteiger charge is -2.07. The second-order valence-electron chi connectivity index (χ2n) is 4.61. The minimum absolute atomic E-state index is 0.216. The number of nitrogens with one attached hydrogen (secondary N) is 1. The van der Waals surface area contributed by atoms with Crippen LogP contribution in [0.3, 0.4) is 0 Å². The molecule has 0 saturated carbocycles. The molecule has 1 atom stereocenters. The first-order valence-corrected chi connectivity index (χ1v) is 6.03. The molecule has 0 aliphatic rings. The fraction of sp³-hybridized carbons (Fsp3) is 0.462. The molecular formula is C13H20N4. The van der Waals surface area contributed by atoms with Gasteiger partial charge in [-0.1, -0.05) is 6.07 Å². The molecule has 3 N–H and O–H groups in total. The lowest BCUT2D eigenvalue weighted by molar-refractivity contribution is 0.609. The SMILES string of the molecule is CC(N)CNCCc1ccc2c(c1)ncn2C. The number of rotatable bonds is 5. The van der Waals surface area contributed by atoms with Gasteiger partial charge in [0.25, 0.3) is 0 Å². The predicted molar refractivity (Wildman–Crippen MR) is 70.9 cm³/mol. The van der Waals surface area contributed by atoms with E-state index in [-0.39, 0.29) is 6.04 Å². The van der Waals surface area contributed by atoms with Crippen molar-refractivity contribution in [2.45, 2.75) is 19.4 Å². The summed E-state index contributed by atoms with van der Waals surface area (Å²) in [5.41, 5.74) is 9.23. The van der Waals surface area contributed by atoms with Crippen molar-refractivity contribution in [1.82, 2.24) is 14.9 Å². The smallest absolute Gasteiger partial charge is 0.0955 e. The van der Waals surface area contributed by atoms with Crippen LogP contribution in [-0.4, -0.2) is 28.7 Å². The molecule has 1 unspecified atom stereocenters. The minimum atomic E-state index is 0.216. The molecule has 92 valence electrons. The van der Waals surface area contributed by atoms with E-state index in [9.17, 15) is 0 Å². The summed E-state index contributed by atoms with van der Waals surface area (Å²) in [7, 11) is 2.01. The highest BCUT2D eigenvalue weighted by atomic mass is 15.0. The van der Waals surface area contributed by atoms with E-state index in [1.807, 2.05) is 24.9 Å². The van der Waals surface area contributed by atoms with Crippen LogP contribution in [0.5, 0.6) is 0 Å². The standard InChI is InChI=1S/C13H20N4/c1-10(14)8-15-6-5-11-3-4-13-12(7-11)16-9-17(13)2/h3-4,7,9-10,15H,5-6,8,14H2,1-2H3. The zero-order valence-corrected chi connectivity index (χ0v) is 10.5. The van der Waals surface area contributed by atoms with Gasteiger partial charge in [-0.2, -0.15) is 0 Å². The molecule has 1 heterocycles. The number of aryl methyl sites for hydroxylation is 1. The first-order chi connectivity index (χ1) is 8.16. The van der Waals surface area contributed by atoms with Crippen molar-refractivity contribution < 1.29 is 0 Å². The second kappa shape index (κ2) is 5.29. The van der Waals surface area contributed by atoms with Crippen molar-refractivity contribution in [3.63, 3.8) is 0 Å². The van der Waals surface area contributed by atoms with Crippen molar-refractivity contribution in [2.24, 2.45) is 12.8 Å². The molecule has 0 fully saturated rings. The third-order valence-corrected chi connectivity index (χ3v) is 2.85. The van der Waals surface area contributed by atoms with Crippen LogP contribution in [0.2, 0.25) is 0 Å². The van der Waals surface area contributed by atoms with Crippen molar-refractivity contribution in [1.29, 1.82) is 0 Å². The summed E-state index contributed by atoms with van der Waals surface area (Å²) in [5.74, 6) is 0. The summed E-state index contributed by atoms with van der Waals surface area (Å²) in [4.78, 5) is 4.36. The first-order valence-electron chi connectivity index (χ1n) is 6.03. The van der Waals surface area contributed by atoms with Crippen LogP contribution in [-0.2, 0) is 13.5 Å². The zero-order chi connectivity index (χ0) is 12.3. The van der Waals surface area contributed by atoms with E-state index < -0.39 is 0 Å². The molecular weight excluding hydrogens is 212 g/mol. The Bertz CT molecular complexity index is 487. The van der Waals surface area contributed by atoms with E-state index in [0.717, 1.165) is 25.0 Å². The highest BCUT2D eigenvalue weighted by Gasteiger charge is 2.01. The average molecular weight is 232 g/mol. The van der Waals surface area contributed by atoms with E-state index in [1.54, 1.807) is 0 Å². The van der Waals surface area contributed by atoms with Crippen molar-refractivity contribution in [3.8, 4) is 0 Å². The van der Waals surface area contributed by atoms with Gasteiger partial charge in [0.2, 0.25) is 0 Å². The van der Waals surface area contributed by atoms with E-state index >= 15 is 0 Å². The van der Waals surface area contributed by atoms with Gasteiger partial charge in [-0.15, -0.1) is 0 Å². The topological polar surface area (TPSA) is 55.9 Å². The molecule has 0 amide bonds. The largest absolute Gasteiger partial charge is 0.334 e. The third kappa shape index (κ3) is 3.05. The van der Waals surface area contributed by atoms with Gasteiger partial charge in [-0.25, -0.2) is 4.98 Å². The fourth-order valence-electron chi connectivity index (χ4n) is 1.90. The van der Waals surface area contributed by atoms with E-state index in [0.29, 0.717) is 0 Å². The Morgan fingerprint density at radius 2 is 2.29 bits per heavy atom. The third-order valence-electron chi connectivity index (χ3n) is 2.85. The molecule has 4 nitrogen and oxygen atoms in total. The van der Waals surface area contributed by atoms with Crippen molar-refractivity contribution in [3.05, 3.63) is 30.1 Å². The van der Waals surface area contributed by atoms with Crippen LogP contribution in [0.4, 0.5) is 0 Å². The van der Waals surface area contributed by atoms with Crippen LogP contribution in [0, 0.1) is 0 Å². The maximum absolute atomic E-state index is 5.67. The summed E-state index contributed by atoms with van der Waals surface area (Å²) < 4.78 is 2.04. The van der Waals surface area contributed by atoms with Gasteiger partial charge >= 0.3 is 0 Å². The molecule has 2 aromatic rings. The Morgan fingerprint density at radius 1 is 1.47 bits per heavy atom. The highest BCUT2D eigenvalue weighted by molar-refractivity contribution is 5.75. The molecule has 17 heavy (non-hydrogen) atoms. The molecule has 0 bridgehead atoms. The van der Waals surface area contributed by atoms with Gasteiger partial charge in [-0.05, 0) is 37.6 Å². The summed E-state index contributed by atoms with van der Waals surface area (Å²) in [6.07, 6.45) is 2.86. The molecule has 0 aliphatic carbocycles. The monoisotopic (exact) mass is 232 g/mol. The minimum Gasteiger partial charge on any atom is -0.334 e. The van der Waals surface area contributed by atoms with Crippen LogP contribution < -0.4 is 11.1 Å². The molecule has 0 aliphatic heterocycles. The Labute approximate surface area is 102 Å². The summed E-state index contributed by atoms with van der Waals surface area (Å²) in [6.45, 7) is 3.83. The van der Waals surface area contributed by atoms with Crippen LogP contribution in [0.15, 0.2) is 24.5 Å². The van der Waals surface area contributed by atoms with Gasteiger partial charge in [0, 0.05) is 19.6 Å². The number of nitrogens with zero attached hydrogens (tertiary/aromatic N) is 2. The Hall–Kier alpha value is -1.39. The molecule has 4 heteroatoms. The van der Waals surface area contributed by atoms with Crippen LogP contribution in [0.1, 0.15) is 12.5 Å². The average Bonchev–Trinajstić information content (AvgIpc) is 2.66. The number of fused-ring (bicyclic) bond motifs is 1. The van der Waals surface area contributed by atoms with Gasteiger partial charge in [0.1, 0.15) is 0 Å². The maximum atomic E-state index is 5.67. The van der Waals surface area contributed by atoms with Gasteiger partial charge in [0.15, 0.2) is 0 Å². The molecule has 0 spiro atoms. The fourth-order valence-corrected chi connectivity index (χ4v) is 1.90. The number of hydrogen-bond donors (Lipinski definition) is 2. The van der Waals surface area contributed by atoms with Gasteiger partial charge < -0.3 is 15.6 Å². The van der Waals surface area contributed by atoms with Gasteiger partial charge in [0.05, 0.1) is 17.4 Å². The van der Waals surface area contributed by atoms with E-state index in [4.69, 9.17) is 5.73 Å². The van der Waals surface area contributed by atoms with Crippen molar-refractivity contribution in [2.75, 3.05) is 13.1 Å². The lowest BCUT2D eigenvalue weighted by atomic mass is 10.1. The molecule has 0 saturated heterocycles. The molecule has 2 rings (SSSR count). The zero-order valence-electron chi connectivity index (χ0n) is 10.5. The van der Waals surface area contributed by atoms with E-state index in [1.165, 1.54) is 11.1 Å². The Morgan fingerprint density at radius 3 is 3.06 bits per heavy atom. The molecule has 1 aromatic carbocycles. The Balaban J connectivity index is 1.95. The predicted octanol–water partition coefficient (Wildman–Crippen LogP) is 1.05.